The molecule has 0 saturated heterocycles. The summed E-state index contributed by atoms with van der Waals surface area (Å²) in [5, 5.41) is 3.73. The highest BCUT2D eigenvalue weighted by Crippen LogP contribution is 2.29. The number of aromatic nitrogens is 2. The van der Waals surface area contributed by atoms with Gasteiger partial charge in [-0.25, -0.2) is 4.98 Å². The lowest BCUT2D eigenvalue weighted by Gasteiger charge is -2.13. The van der Waals surface area contributed by atoms with E-state index >= 15 is 0 Å². The molecule has 3 aromatic rings. The van der Waals surface area contributed by atoms with E-state index in [1.807, 2.05) is 38.2 Å². The summed E-state index contributed by atoms with van der Waals surface area (Å²) in [6, 6.07) is 18.7. The van der Waals surface area contributed by atoms with Crippen LogP contribution in [0.3, 0.4) is 0 Å². The third-order valence-corrected chi connectivity index (χ3v) is 4.83. The standard InChI is InChI=1S/C21H23N3OS/c1-15(2)23-20(25)14-26-21-22-13-19(17-11-9-16(3)10-12-17)24(21)18-7-5-4-6-8-18/h4-13,15H,14H2,1-3H3,(H,23,25). The lowest BCUT2D eigenvalue weighted by Crippen LogP contribution is -2.31. The van der Waals surface area contributed by atoms with Crippen molar-refractivity contribution in [2.24, 2.45) is 0 Å². The molecule has 1 heterocycles. The van der Waals surface area contributed by atoms with Gasteiger partial charge in [-0.1, -0.05) is 59.8 Å². The largest absolute Gasteiger partial charge is 0.353 e. The number of nitrogens with one attached hydrogen (secondary N) is 1. The van der Waals surface area contributed by atoms with Crippen LogP contribution in [0.4, 0.5) is 0 Å². The first-order valence-corrected chi connectivity index (χ1v) is 9.65. The first-order chi connectivity index (χ1) is 12.5. The maximum atomic E-state index is 12.0. The molecule has 2 aromatic carbocycles. The molecular weight excluding hydrogens is 342 g/mol. The Labute approximate surface area is 158 Å². The van der Waals surface area contributed by atoms with Crippen LogP contribution in [-0.2, 0) is 4.79 Å². The number of nitrogens with zero attached hydrogens (tertiary/aromatic N) is 2. The average molecular weight is 366 g/mol. The number of benzene rings is 2. The van der Waals surface area contributed by atoms with Crippen molar-refractivity contribution in [3.63, 3.8) is 0 Å². The molecule has 0 aliphatic heterocycles. The van der Waals surface area contributed by atoms with Crippen LogP contribution in [0.1, 0.15) is 19.4 Å². The lowest BCUT2D eigenvalue weighted by molar-refractivity contribution is -0.119. The monoisotopic (exact) mass is 365 g/mol. The normalized spacial score (nSPS) is 10.9. The molecule has 1 N–H and O–H groups in total. The van der Waals surface area contributed by atoms with Crippen molar-refractivity contribution in [3.05, 3.63) is 66.4 Å². The maximum Gasteiger partial charge on any atom is 0.230 e. The lowest BCUT2D eigenvalue weighted by atomic mass is 10.1. The van der Waals surface area contributed by atoms with E-state index in [0.29, 0.717) is 5.75 Å². The Bertz CT molecular complexity index is 870. The number of aryl methyl sites for hydroxylation is 1. The highest BCUT2D eigenvalue weighted by atomic mass is 32.2. The second-order valence-electron chi connectivity index (χ2n) is 6.47. The molecule has 0 bridgehead atoms. The molecule has 0 aliphatic rings. The number of thioether (sulfide) groups is 1. The minimum Gasteiger partial charge on any atom is -0.353 e. The smallest absolute Gasteiger partial charge is 0.230 e. The fourth-order valence-corrected chi connectivity index (χ4v) is 3.49. The summed E-state index contributed by atoms with van der Waals surface area (Å²) in [4.78, 5) is 16.6. The molecule has 0 saturated carbocycles. The highest BCUT2D eigenvalue weighted by Gasteiger charge is 2.15. The van der Waals surface area contributed by atoms with Gasteiger partial charge in [0.05, 0.1) is 17.6 Å². The van der Waals surface area contributed by atoms with Gasteiger partial charge in [0.1, 0.15) is 0 Å². The molecule has 0 spiro atoms. The number of carbonyl (C=O) groups excluding carboxylic acids is 1. The number of hydrogen-bond donors (Lipinski definition) is 1. The second kappa shape index (κ2) is 8.23. The Morgan fingerprint density at radius 1 is 1.12 bits per heavy atom. The number of amides is 1. The predicted octanol–water partition coefficient (Wildman–Crippen LogP) is 4.46. The van der Waals surface area contributed by atoms with Gasteiger partial charge in [0, 0.05) is 17.3 Å². The van der Waals surface area contributed by atoms with Gasteiger partial charge in [-0.15, -0.1) is 0 Å². The van der Waals surface area contributed by atoms with Gasteiger partial charge in [-0.2, -0.15) is 0 Å². The molecule has 26 heavy (non-hydrogen) atoms. The summed E-state index contributed by atoms with van der Waals surface area (Å²) < 4.78 is 2.11. The van der Waals surface area contributed by atoms with Gasteiger partial charge in [-0.3, -0.25) is 9.36 Å². The number of imidazole rings is 1. The van der Waals surface area contributed by atoms with Crippen LogP contribution in [0.2, 0.25) is 0 Å². The zero-order chi connectivity index (χ0) is 18.5. The van der Waals surface area contributed by atoms with Crippen LogP contribution in [0.25, 0.3) is 16.9 Å². The Morgan fingerprint density at radius 2 is 1.81 bits per heavy atom. The Hall–Kier alpha value is -2.53. The number of hydrogen-bond acceptors (Lipinski definition) is 3. The first-order valence-electron chi connectivity index (χ1n) is 8.67. The van der Waals surface area contributed by atoms with Crippen LogP contribution in [-0.4, -0.2) is 27.3 Å². The summed E-state index contributed by atoms with van der Waals surface area (Å²) in [5.74, 6) is 0.361. The van der Waals surface area contributed by atoms with Gasteiger partial charge in [-0.05, 0) is 32.9 Å². The van der Waals surface area contributed by atoms with E-state index in [0.717, 1.165) is 22.1 Å². The minimum absolute atomic E-state index is 0.0181. The van der Waals surface area contributed by atoms with Crippen molar-refractivity contribution in [2.75, 3.05) is 5.75 Å². The van der Waals surface area contributed by atoms with Gasteiger partial charge in [0.25, 0.3) is 0 Å². The van der Waals surface area contributed by atoms with Crippen LogP contribution < -0.4 is 5.32 Å². The molecule has 134 valence electrons. The third kappa shape index (κ3) is 4.35. The molecular formula is C21H23N3OS. The quantitative estimate of drug-likeness (QED) is 0.656. The van der Waals surface area contributed by atoms with Crippen molar-refractivity contribution in [2.45, 2.75) is 32.0 Å². The SMILES string of the molecule is Cc1ccc(-c2cnc(SCC(=O)NC(C)C)n2-c2ccccc2)cc1. The Kier molecular flexibility index (Phi) is 5.78. The maximum absolute atomic E-state index is 12.0. The molecule has 3 rings (SSSR count). The fraction of sp³-hybridized carbons (Fsp3) is 0.238. The molecule has 0 fully saturated rings. The molecule has 0 aliphatic carbocycles. The zero-order valence-corrected chi connectivity index (χ0v) is 16.1. The number of rotatable bonds is 6. The molecule has 1 amide bonds. The van der Waals surface area contributed by atoms with Crippen molar-refractivity contribution in [1.82, 2.24) is 14.9 Å². The van der Waals surface area contributed by atoms with Crippen LogP contribution in [0.15, 0.2) is 66.0 Å². The van der Waals surface area contributed by atoms with Crippen molar-refractivity contribution in [1.29, 1.82) is 0 Å². The van der Waals surface area contributed by atoms with Gasteiger partial charge < -0.3 is 5.32 Å². The van der Waals surface area contributed by atoms with E-state index < -0.39 is 0 Å². The molecule has 1 aromatic heterocycles. The van der Waals surface area contributed by atoms with Crippen LogP contribution in [0, 0.1) is 6.92 Å². The molecule has 0 unspecified atom stereocenters. The Balaban J connectivity index is 1.95. The fourth-order valence-electron chi connectivity index (χ4n) is 2.68. The van der Waals surface area contributed by atoms with E-state index in [-0.39, 0.29) is 11.9 Å². The van der Waals surface area contributed by atoms with Crippen molar-refractivity contribution >= 4 is 17.7 Å². The first kappa shape index (κ1) is 18.3. The van der Waals surface area contributed by atoms with Crippen LogP contribution >= 0.6 is 11.8 Å². The zero-order valence-electron chi connectivity index (χ0n) is 15.3. The van der Waals surface area contributed by atoms with Crippen molar-refractivity contribution in [3.8, 4) is 16.9 Å². The summed E-state index contributed by atoms with van der Waals surface area (Å²) in [6.45, 7) is 6.00. The topological polar surface area (TPSA) is 46.9 Å². The summed E-state index contributed by atoms with van der Waals surface area (Å²) in [5.41, 5.74) is 4.38. The van der Waals surface area contributed by atoms with E-state index in [9.17, 15) is 4.79 Å². The minimum atomic E-state index is 0.0181. The Morgan fingerprint density at radius 3 is 2.46 bits per heavy atom. The molecule has 0 radical (unpaired) electrons. The number of para-hydroxylation sites is 1. The predicted molar refractivity (Wildman–Crippen MR) is 108 cm³/mol. The van der Waals surface area contributed by atoms with E-state index in [1.165, 1.54) is 17.3 Å². The van der Waals surface area contributed by atoms with Crippen molar-refractivity contribution < 1.29 is 4.79 Å². The van der Waals surface area contributed by atoms with E-state index in [2.05, 4.69) is 58.2 Å². The van der Waals surface area contributed by atoms with E-state index in [1.54, 1.807) is 0 Å². The number of carbonyl (C=O) groups is 1. The van der Waals surface area contributed by atoms with E-state index in [4.69, 9.17) is 0 Å². The summed E-state index contributed by atoms with van der Waals surface area (Å²) >= 11 is 1.45. The molecule has 0 atom stereocenters. The summed E-state index contributed by atoms with van der Waals surface area (Å²) in [7, 11) is 0. The van der Waals surface area contributed by atoms with Gasteiger partial charge in [0.15, 0.2) is 5.16 Å². The molecule has 5 heteroatoms. The third-order valence-electron chi connectivity index (χ3n) is 3.87. The van der Waals surface area contributed by atoms with Gasteiger partial charge in [0.2, 0.25) is 5.91 Å². The molecule has 4 nitrogen and oxygen atoms in total. The van der Waals surface area contributed by atoms with Gasteiger partial charge >= 0.3 is 0 Å². The highest BCUT2D eigenvalue weighted by molar-refractivity contribution is 7.99. The van der Waals surface area contributed by atoms with Crippen LogP contribution in [0.5, 0.6) is 0 Å². The summed E-state index contributed by atoms with van der Waals surface area (Å²) in [6.07, 6.45) is 1.88. The second-order valence-corrected chi connectivity index (χ2v) is 7.42. The average Bonchev–Trinajstić information content (AvgIpc) is 3.05.